The van der Waals surface area contributed by atoms with Gasteiger partial charge in [-0.25, -0.2) is 8.42 Å². The Labute approximate surface area is 236 Å². The summed E-state index contributed by atoms with van der Waals surface area (Å²) in [5, 5.41) is 3.48. The molecule has 1 unspecified atom stereocenters. The van der Waals surface area contributed by atoms with Gasteiger partial charge in [0.25, 0.3) is 0 Å². The molecule has 0 aromatic heterocycles. The molecule has 1 N–H and O–H groups in total. The predicted octanol–water partition coefficient (Wildman–Crippen LogP) is 4.83. The number of anilines is 1. The lowest BCUT2D eigenvalue weighted by Crippen LogP contribution is -2.53. The zero-order valence-electron chi connectivity index (χ0n) is 22.6. The number of benzene rings is 3. The van der Waals surface area contributed by atoms with Gasteiger partial charge in [-0.15, -0.1) is 0 Å². The minimum absolute atomic E-state index is 0.111. The highest BCUT2D eigenvalue weighted by Gasteiger charge is 2.32. The van der Waals surface area contributed by atoms with E-state index in [2.05, 4.69) is 5.32 Å². The maximum absolute atomic E-state index is 14.0. The van der Waals surface area contributed by atoms with Crippen molar-refractivity contribution >= 4 is 39.1 Å². The molecule has 0 fully saturated rings. The van der Waals surface area contributed by atoms with Gasteiger partial charge in [-0.1, -0.05) is 80.0 Å². The second-order valence-electron chi connectivity index (χ2n) is 9.43. The lowest BCUT2D eigenvalue weighted by atomic mass is 10.0. The largest absolute Gasteiger partial charge is 0.354 e. The molecule has 3 aromatic rings. The van der Waals surface area contributed by atoms with Gasteiger partial charge in [0, 0.05) is 24.5 Å². The molecule has 3 aromatic carbocycles. The van der Waals surface area contributed by atoms with Crippen molar-refractivity contribution in [3.05, 3.63) is 101 Å². The van der Waals surface area contributed by atoms with Gasteiger partial charge >= 0.3 is 0 Å². The standard InChI is InChI=1S/C30H36ClN3O4S/c1-4-19-32-30(36)28(20-24-9-7-6-8-10-24)33(21-25-11-15-26(31)16-12-25)29(35)22-34(39(3,37)38)27-17-13-23(5-2)14-18-27/h6-18,28H,4-5,19-22H2,1-3H3,(H,32,36). The van der Waals surface area contributed by atoms with Crippen LogP contribution in [0.5, 0.6) is 0 Å². The molecular formula is C30H36ClN3O4S. The van der Waals surface area contributed by atoms with Gasteiger partial charge in [-0.2, -0.15) is 0 Å². The summed E-state index contributed by atoms with van der Waals surface area (Å²) in [6.07, 6.45) is 2.90. The molecule has 0 bridgehead atoms. The topological polar surface area (TPSA) is 86.8 Å². The van der Waals surface area contributed by atoms with Gasteiger partial charge in [0.1, 0.15) is 12.6 Å². The fourth-order valence-electron chi connectivity index (χ4n) is 4.22. The first-order chi connectivity index (χ1) is 18.6. The van der Waals surface area contributed by atoms with E-state index in [0.717, 1.165) is 40.1 Å². The van der Waals surface area contributed by atoms with Crippen molar-refractivity contribution in [1.82, 2.24) is 10.2 Å². The van der Waals surface area contributed by atoms with E-state index in [9.17, 15) is 18.0 Å². The number of rotatable bonds is 13. The van der Waals surface area contributed by atoms with Crippen molar-refractivity contribution in [2.45, 2.75) is 45.7 Å². The van der Waals surface area contributed by atoms with Crippen molar-refractivity contribution in [2.75, 3.05) is 23.7 Å². The zero-order valence-corrected chi connectivity index (χ0v) is 24.2. The van der Waals surface area contributed by atoms with E-state index in [0.29, 0.717) is 17.3 Å². The molecule has 0 heterocycles. The van der Waals surface area contributed by atoms with Crippen molar-refractivity contribution in [1.29, 1.82) is 0 Å². The molecule has 7 nitrogen and oxygen atoms in total. The van der Waals surface area contributed by atoms with Crippen molar-refractivity contribution in [3.63, 3.8) is 0 Å². The van der Waals surface area contributed by atoms with Crippen LogP contribution in [0.2, 0.25) is 5.02 Å². The predicted molar refractivity (Wildman–Crippen MR) is 157 cm³/mol. The first-order valence-electron chi connectivity index (χ1n) is 13.0. The molecule has 1 atom stereocenters. The Morgan fingerprint density at radius 2 is 1.49 bits per heavy atom. The minimum atomic E-state index is -3.80. The summed E-state index contributed by atoms with van der Waals surface area (Å²) in [6, 6.07) is 22.7. The van der Waals surface area contributed by atoms with E-state index in [4.69, 9.17) is 11.6 Å². The monoisotopic (exact) mass is 569 g/mol. The van der Waals surface area contributed by atoms with Gasteiger partial charge < -0.3 is 10.2 Å². The van der Waals surface area contributed by atoms with E-state index < -0.39 is 28.5 Å². The van der Waals surface area contributed by atoms with E-state index in [-0.39, 0.29) is 18.9 Å². The number of carbonyl (C=O) groups excluding carboxylic acids is 2. The van der Waals surface area contributed by atoms with E-state index >= 15 is 0 Å². The number of aryl methyl sites for hydroxylation is 1. The molecule has 0 aliphatic carbocycles. The van der Waals surface area contributed by atoms with Crippen LogP contribution in [-0.4, -0.2) is 50.5 Å². The van der Waals surface area contributed by atoms with Crippen molar-refractivity contribution in [2.24, 2.45) is 0 Å². The van der Waals surface area contributed by atoms with E-state index in [1.54, 1.807) is 36.4 Å². The molecule has 39 heavy (non-hydrogen) atoms. The number of halogens is 1. The van der Waals surface area contributed by atoms with Crippen LogP contribution < -0.4 is 9.62 Å². The molecule has 9 heteroatoms. The highest BCUT2D eigenvalue weighted by Crippen LogP contribution is 2.21. The lowest BCUT2D eigenvalue weighted by Gasteiger charge is -2.33. The van der Waals surface area contributed by atoms with Gasteiger partial charge in [-0.3, -0.25) is 13.9 Å². The van der Waals surface area contributed by atoms with E-state index in [1.165, 1.54) is 4.90 Å². The number of hydrogen-bond donors (Lipinski definition) is 1. The van der Waals surface area contributed by atoms with Crippen LogP contribution in [0.4, 0.5) is 5.69 Å². The fourth-order valence-corrected chi connectivity index (χ4v) is 5.19. The van der Waals surface area contributed by atoms with Crippen LogP contribution in [-0.2, 0) is 39.0 Å². The number of hydrogen-bond acceptors (Lipinski definition) is 4. The van der Waals surface area contributed by atoms with Crippen LogP contribution >= 0.6 is 11.6 Å². The Balaban J connectivity index is 2.02. The second-order valence-corrected chi connectivity index (χ2v) is 11.8. The Kier molecular flexibility index (Phi) is 10.9. The van der Waals surface area contributed by atoms with E-state index in [1.807, 2.05) is 56.3 Å². The van der Waals surface area contributed by atoms with Gasteiger partial charge in [0.2, 0.25) is 21.8 Å². The van der Waals surface area contributed by atoms with Gasteiger partial charge in [0.05, 0.1) is 11.9 Å². The molecule has 3 rings (SSSR count). The molecule has 0 aliphatic heterocycles. The summed E-state index contributed by atoms with van der Waals surface area (Å²) in [6.45, 7) is 4.10. The normalized spacial score (nSPS) is 12.0. The minimum Gasteiger partial charge on any atom is -0.354 e. The Morgan fingerprint density at radius 3 is 2.05 bits per heavy atom. The molecule has 208 valence electrons. The maximum Gasteiger partial charge on any atom is 0.244 e. The van der Waals surface area contributed by atoms with Crippen molar-refractivity contribution in [3.8, 4) is 0 Å². The zero-order chi connectivity index (χ0) is 28.4. The molecule has 0 aliphatic rings. The molecular weight excluding hydrogens is 534 g/mol. The van der Waals surface area contributed by atoms with Gasteiger partial charge in [0.15, 0.2) is 0 Å². The molecule has 0 saturated carbocycles. The average Bonchev–Trinajstić information content (AvgIpc) is 2.93. The summed E-state index contributed by atoms with van der Waals surface area (Å²) in [7, 11) is -3.80. The molecule has 0 saturated heterocycles. The van der Waals surface area contributed by atoms with Crippen molar-refractivity contribution < 1.29 is 18.0 Å². The lowest BCUT2D eigenvalue weighted by molar-refractivity contribution is -0.140. The van der Waals surface area contributed by atoms with Crippen LogP contribution in [0.1, 0.15) is 37.0 Å². The second kappa shape index (κ2) is 14.1. The molecule has 0 radical (unpaired) electrons. The average molecular weight is 570 g/mol. The number of nitrogens with zero attached hydrogens (tertiary/aromatic N) is 2. The first kappa shape index (κ1) is 30.2. The smallest absolute Gasteiger partial charge is 0.244 e. The highest BCUT2D eigenvalue weighted by atomic mass is 35.5. The van der Waals surface area contributed by atoms with Crippen LogP contribution in [0, 0.1) is 0 Å². The quantitative estimate of drug-likeness (QED) is 0.319. The Bertz CT molecular complexity index is 1330. The fraction of sp³-hybridized carbons (Fsp3) is 0.333. The van der Waals surface area contributed by atoms with Gasteiger partial charge in [-0.05, 0) is 53.8 Å². The number of carbonyl (C=O) groups is 2. The third-order valence-corrected chi connectivity index (χ3v) is 7.79. The number of sulfonamides is 1. The Morgan fingerprint density at radius 1 is 0.872 bits per heavy atom. The summed E-state index contributed by atoms with van der Waals surface area (Å²) in [5.74, 6) is -0.774. The third kappa shape index (κ3) is 8.83. The summed E-state index contributed by atoms with van der Waals surface area (Å²) >= 11 is 6.08. The third-order valence-electron chi connectivity index (χ3n) is 6.40. The molecule has 0 spiro atoms. The highest BCUT2D eigenvalue weighted by molar-refractivity contribution is 7.92. The maximum atomic E-state index is 14.0. The van der Waals surface area contributed by atoms with Crippen LogP contribution in [0.25, 0.3) is 0 Å². The summed E-state index contributed by atoms with van der Waals surface area (Å²) in [4.78, 5) is 28.9. The van der Waals surface area contributed by atoms with Crippen LogP contribution in [0.15, 0.2) is 78.9 Å². The SMILES string of the molecule is CCCNC(=O)C(Cc1ccccc1)N(Cc1ccc(Cl)cc1)C(=O)CN(c1ccc(CC)cc1)S(C)(=O)=O. The number of amides is 2. The Hall–Kier alpha value is -3.36. The number of nitrogens with one attached hydrogen (secondary N) is 1. The molecule has 2 amide bonds. The van der Waals surface area contributed by atoms with Crippen LogP contribution in [0.3, 0.4) is 0 Å². The first-order valence-corrected chi connectivity index (χ1v) is 15.3. The summed E-state index contributed by atoms with van der Waals surface area (Å²) < 4.78 is 26.8. The summed E-state index contributed by atoms with van der Waals surface area (Å²) in [5.41, 5.74) is 3.11.